The highest BCUT2D eigenvalue weighted by Crippen LogP contribution is 2.43. The van der Waals surface area contributed by atoms with Gasteiger partial charge in [-0.25, -0.2) is 4.57 Å². The molecule has 0 unspecified atom stereocenters. The minimum atomic E-state index is -4.02. The average molecular weight is 410 g/mol. The fraction of sp³-hybridized carbons (Fsp3) is 0.889. The van der Waals surface area contributed by atoms with Gasteiger partial charge in [-0.15, -0.1) is 0 Å². The molecule has 27 heavy (non-hydrogen) atoms. The van der Waals surface area contributed by atoms with Crippen LogP contribution < -0.4 is 0 Å². The number of carbonyl (C=O) groups is 2. The molecule has 0 saturated carbocycles. The van der Waals surface area contributed by atoms with Gasteiger partial charge in [-0.1, -0.05) is 13.8 Å². The van der Waals surface area contributed by atoms with Crippen LogP contribution in [-0.2, 0) is 32.7 Å². The summed E-state index contributed by atoms with van der Waals surface area (Å²) in [6, 6.07) is 0. The Hall–Kier alpha value is -0.950. The van der Waals surface area contributed by atoms with Gasteiger partial charge in [0.1, 0.15) is 0 Å². The summed E-state index contributed by atoms with van der Waals surface area (Å²) >= 11 is 0. The van der Waals surface area contributed by atoms with Crippen LogP contribution in [0.1, 0.15) is 78.1 Å². The zero-order valence-corrected chi connectivity index (χ0v) is 17.5. The van der Waals surface area contributed by atoms with Crippen molar-refractivity contribution < 1.29 is 37.6 Å². The van der Waals surface area contributed by atoms with Crippen molar-refractivity contribution in [2.24, 2.45) is 0 Å². The molecule has 0 aromatic heterocycles. The van der Waals surface area contributed by atoms with Crippen LogP contribution in [0.15, 0.2) is 0 Å². The Morgan fingerprint density at radius 1 is 0.704 bits per heavy atom. The highest BCUT2D eigenvalue weighted by atomic mass is 31.2. The third kappa shape index (κ3) is 18.2. The number of phosphoric ester groups is 1. The van der Waals surface area contributed by atoms with Crippen LogP contribution in [0.3, 0.4) is 0 Å². The average Bonchev–Trinajstić information content (AvgIpc) is 2.60. The quantitative estimate of drug-likeness (QED) is 0.204. The molecule has 0 bridgehead atoms. The Labute approximate surface area is 162 Å². The fourth-order valence-corrected chi connectivity index (χ4v) is 2.88. The summed E-state index contributed by atoms with van der Waals surface area (Å²) in [6.45, 7) is 4.78. The lowest BCUT2D eigenvalue weighted by molar-refractivity contribution is -0.144. The van der Waals surface area contributed by atoms with Crippen LogP contribution in [0.4, 0.5) is 0 Å². The van der Waals surface area contributed by atoms with Crippen molar-refractivity contribution >= 4 is 19.8 Å². The Balaban J connectivity index is 3.49. The molecule has 8 nitrogen and oxygen atoms in total. The summed E-state index contributed by atoms with van der Waals surface area (Å²) in [5.41, 5.74) is 0. The third-order valence-electron chi connectivity index (χ3n) is 3.52. The Morgan fingerprint density at radius 3 is 1.44 bits per heavy atom. The molecule has 0 fully saturated rings. The molecule has 0 aliphatic carbocycles. The standard InChI is InChI=1S/C18H35O8P/c1-3-11-17(19)23-13-7-5-9-15-25-27(21,22)26-16-10-6-8-14-24-18(20)12-4-2/h3-16H2,1-2H3,(H,21,22). The molecule has 0 heterocycles. The lowest BCUT2D eigenvalue weighted by atomic mass is 10.2. The monoisotopic (exact) mass is 410 g/mol. The highest BCUT2D eigenvalue weighted by molar-refractivity contribution is 7.47. The fourth-order valence-electron chi connectivity index (χ4n) is 2.08. The van der Waals surface area contributed by atoms with Crippen LogP contribution in [0.5, 0.6) is 0 Å². The summed E-state index contributed by atoms with van der Waals surface area (Å²) in [4.78, 5) is 31.9. The number of phosphoric acid groups is 1. The van der Waals surface area contributed by atoms with E-state index in [1.54, 1.807) is 0 Å². The van der Waals surface area contributed by atoms with Gasteiger partial charge in [-0.2, -0.15) is 0 Å². The second kappa shape index (κ2) is 17.2. The summed E-state index contributed by atoms with van der Waals surface area (Å²) in [6.07, 6.45) is 6.42. The number of ether oxygens (including phenoxy) is 2. The number of rotatable bonds is 18. The van der Waals surface area contributed by atoms with E-state index >= 15 is 0 Å². The molecule has 0 aliphatic heterocycles. The van der Waals surface area contributed by atoms with Gasteiger partial charge in [0.15, 0.2) is 0 Å². The first kappa shape index (κ1) is 26.1. The molecule has 0 spiro atoms. The number of carbonyl (C=O) groups excluding carboxylic acids is 2. The topological polar surface area (TPSA) is 108 Å². The second-order valence-electron chi connectivity index (χ2n) is 6.20. The van der Waals surface area contributed by atoms with Crippen molar-refractivity contribution in [3.63, 3.8) is 0 Å². The minimum absolute atomic E-state index is 0.115. The second-order valence-corrected chi connectivity index (χ2v) is 7.65. The van der Waals surface area contributed by atoms with Crippen molar-refractivity contribution in [3.05, 3.63) is 0 Å². The molecular formula is C18H35O8P. The van der Waals surface area contributed by atoms with Crippen molar-refractivity contribution in [2.45, 2.75) is 78.1 Å². The van der Waals surface area contributed by atoms with Gasteiger partial charge in [0.05, 0.1) is 26.4 Å². The van der Waals surface area contributed by atoms with E-state index in [2.05, 4.69) is 0 Å². The van der Waals surface area contributed by atoms with E-state index in [9.17, 15) is 19.0 Å². The SMILES string of the molecule is CCCC(=O)OCCCCCOP(=O)(O)OCCCCCOC(=O)CCC. The van der Waals surface area contributed by atoms with E-state index in [0.29, 0.717) is 51.7 Å². The van der Waals surface area contributed by atoms with Gasteiger partial charge in [0.25, 0.3) is 0 Å². The van der Waals surface area contributed by atoms with Crippen molar-refractivity contribution in [2.75, 3.05) is 26.4 Å². The Bertz CT molecular complexity index is 405. The summed E-state index contributed by atoms with van der Waals surface area (Å²) < 4.78 is 31.5. The number of unbranched alkanes of at least 4 members (excludes halogenated alkanes) is 4. The molecular weight excluding hydrogens is 375 g/mol. The molecule has 0 rings (SSSR count). The first-order valence-electron chi connectivity index (χ1n) is 9.84. The molecule has 0 radical (unpaired) electrons. The zero-order valence-electron chi connectivity index (χ0n) is 16.7. The largest absolute Gasteiger partial charge is 0.472 e. The van der Waals surface area contributed by atoms with E-state index in [1.165, 1.54) is 0 Å². The lowest BCUT2D eigenvalue weighted by Crippen LogP contribution is -2.05. The predicted molar refractivity (Wildman–Crippen MR) is 101 cm³/mol. The van der Waals surface area contributed by atoms with Gasteiger partial charge >= 0.3 is 19.8 Å². The molecule has 160 valence electrons. The minimum Gasteiger partial charge on any atom is -0.466 e. The molecule has 0 saturated heterocycles. The van der Waals surface area contributed by atoms with Gasteiger partial charge in [0.2, 0.25) is 0 Å². The molecule has 0 aromatic rings. The smallest absolute Gasteiger partial charge is 0.466 e. The van der Waals surface area contributed by atoms with Gasteiger partial charge in [-0.05, 0) is 51.4 Å². The number of hydrogen-bond acceptors (Lipinski definition) is 7. The molecule has 0 aromatic carbocycles. The van der Waals surface area contributed by atoms with Gasteiger partial charge in [-0.3, -0.25) is 18.6 Å². The van der Waals surface area contributed by atoms with E-state index in [1.807, 2.05) is 13.8 Å². The summed E-state index contributed by atoms with van der Waals surface area (Å²) in [5.74, 6) is -0.387. The van der Waals surface area contributed by atoms with Crippen molar-refractivity contribution in [1.29, 1.82) is 0 Å². The molecule has 9 heteroatoms. The van der Waals surface area contributed by atoms with Crippen molar-refractivity contribution in [1.82, 2.24) is 0 Å². The van der Waals surface area contributed by atoms with Gasteiger partial charge < -0.3 is 14.4 Å². The lowest BCUT2D eigenvalue weighted by Gasteiger charge is -2.12. The third-order valence-corrected chi connectivity index (χ3v) is 4.54. The van der Waals surface area contributed by atoms with Crippen LogP contribution in [0.2, 0.25) is 0 Å². The van der Waals surface area contributed by atoms with Crippen LogP contribution in [-0.4, -0.2) is 43.3 Å². The Morgan fingerprint density at radius 2 is 1.07 bits per heavy atom. The summed E-state index contributed by atoms with van der Waals surface area (Å²) in [5, 5.41) is 0. The molecule has 0 amide bonds. The zero-order chi connectivity index (χ0) is 20.4. The first-order chi connectivity index (χ1) is 12.9. The highest BCUT2D eigenvalue weighted by Gasteiger charge is 2.19. The van der Waals surface area contributed by atoms with Crippen LogP contribution >= 0.6 is 7.82 Å². The van der Waals surface area contributed by atoms with Gasteiger partial charge in [0, 0.05) is 12.8 Å². The number of hydrogen-bond donors (Lipinski definition) is 1. The number of esters is 2. The molecule has 0 atom stereocenters. The molecule has 1 N–H and O–H groups in total. The van der Waals surface area contributed by atoms with E-state index < -0.39 is 7.82 Å². The van der Waals surface area contributed by atoms with E-state index in [4.69, 9.17) is 18.5 Å². The van der Waals surface area contributed by atoms with Crippen LogP contribution in [0, 0.1) is 0 Å². The molecule has 0 aliphatic rings. The van der Waals surface area contributed by atoms with E-state index in [-0.39, 0.29) is 25.2 Å². The first-order valence-corrected chi connectivity index (χ1v) is 11.3. The predicted octanol–water partition coefficient (Wildman–Crippen LogP) is 4.15. The normalized spacial score (nSPS) is 11.4. The maximum Gasteiger partial charge on any atom is 0.472 e. The van der Waals surface area contributed by atoms with Crippen molar-refractivity contribution in [3.8, 4) is 0 Å². The maximum absolute atomic E-state index is 11.7. The Kier molecular flexibility index (Phi) is 16.6. The van der Waals surface area contributed by atoms with Crippen LogP contribution in [0.25, 0.3) is 0 Å². The summed E-state index contributed by atoms with van der Waals surface area (Å²) in [7, 11) is -4.02. The van der Waals surface area contributed by atoms with E-state index in [0.717, 1.165) is 25.7 Å². The maximum atomic E-state index is 11.7.